The lowest BCUT2D eigenvalue weighted by Gasteiger charge is -2.25. The van der Waals surface area contributed by atoms with Crippen molar-refractivity contribution in [3.05, 3.63) is 9.81 Å². The summed E-state index contributed by atoms with van der Waals surface area (Å²) in [7, 11) is 0. The van der Waals surface area contributed by atoms with Crippen molar-refractivity contribution in [2.45, 2.75) is 26.0 Å². The molecule has 4 unspecified atom stereocenters. The Labute approximate surface area is 98.4 Å². The Balaban J connectivity index is 4.66. The highest BCUT2D eigenvalue weighted by molar-refractivity contribution is 5.82. The first-order chi connectivity index (χ1) is 7.99. The smallest absolute Gasteiger partial charge is 0.271 e. The van der Waals surface area contributed by atoms with Gasteiger partial charge in [-0.3, -0.25) is 4.79 Å². The molecule has 96 valence electrons. The highest BCUT2D eigenvalue weighted by Crippen LogP contribution is 2.19. The third-order valence-electron chi connectivity index (χ3n) is 2.69. The van der Waals surface area contributed by atoms with Gasteiger partial charge in [0.1, 0.15) is 0 Å². The Morgan fingerprint density at radius 1 is 1.41 bits per heavy atom. The van der Waals surface area contributed by atoms with E-state index in [9.17, 15) is 19.7 Å². The molecule has 0 aromatic rings. The molecule has 2 N–H and O–H groups in total. The number of hydrogen-bond acceptors (Lipinski definition) is 7. The van der Waals surface area contributed by atoms with Gasteiger partial charge in [-0.1, -0.05) is 24.2 Å². The first-order valence-corrected chi connectivity index (χ1v) is 5.04. The molecule has 17 heavy (non-hydrogen) atoms. The summed E-state index contributed by atoms with van der Waals surface area (Å²) in [5, 5.41) is 18.2. The molecule has 1 amide bonds. The fraction of sp³-hybridized carbons (Fsp3) is 0.778. The molecule has 8 nitrogen and oxygen atoms in total. The van der Waals surface area contributed by atoms with E-state index in [1.807, 2.05) is 5.43 Å². The van der Waals surface area contributed by atoms with E-state index < -0.39 is 24.0 Å². The summed E-state index contributed by atoms with van der Waals surface area (Å²) in [6, 6.07) is -1.48. The monoisotopic (exact) mass is 244 g/mol. The second-order valence-corrected chi connectivity index (χ2v) is 3.82. The van der Waals surface area contributed by atoms with Gasteiger partial charge in [0, 0.05) is 6.72 Å². The molecule has 0 aromatic carbocycles. The van der Waals surface area contributed by atoms with Gasteiger partial charge < -0.3 is 5.11 Å². The number of nitroso groups, excluding NO2 is 2. The second kappa shape index (κ2) is 7.55. The Bertz CT molecular complexity index is 297. The SMILES string of the molecule is C=NNC(=O)C(N=O)C(O)C(C)C(C)CN=O. The molecule has 0 spiro atoms. The predicted octanol–water partition coefficient (Wildman–Crippen LogP) is 0.253. The molecule has 0 heterocycles. The lowest BCUT2D eigenvalue weighted by Crippen LogP contribution is -2.43. The number of rotatable bonds is 8. The Morgan fingerprint density at radius 2 is 2.00 bits per heavy atom. The van der Waals surface area contributed by atoms with Crippen LogP contribution in [0.5, 0.6) is 0 Å². The lowest BCUT2D eigenvalue weighted by atomic mass is 9.87. The fourth-order valence-electron chi connectivity index (χ4n) is 1.32. The molecule has 0 aliphatic rings. The minimum absolute atomic E-state index is 0.00880. The largest absolute Gasteiger partial charge is 0.390 e. The minimum atomic E-state index is -1.48. The maximum Gasteiger partial charge on any atom is 0.271 e. The molecule has 0 rings (SSSR count). The first kappa shape index (κ1) is 15.3. The normalized spacial score (nSPS) is 17.4. The van der Waals surface area contributed by atoms with Gasteiger partial charge in [0.2, 0.25) is 0 Å². The number of nitrogens with one attached hydrogen (secondary N) is 1. The van der Waals surface area contributed by atoms with Gasteiger partial charge in [0.25, 0.3) is 5.91 Å². The summed E-state index contributed by atoms with van der Waals surface area (Å²) in [6.07, 6.45) is -1.30. The van der Waals surface area contributed by atoms with E-state index >= 15 is 0 Å². The quantitative estimate of drug-likeness (QED) is 0.361. The third kappa shape index (κ3) is 4.35. The van der Waals surface area contributed by atoms with Gasteiger partial charge in [0.15, 0.2) is 6.04 Å². The molecule has 0 saturated carbocycles. The van der Waals surface area contributed by atoms with E-state index in [0.717, 1.165) is 0 Å². The summed E-state index contributed by atoms with van der Waals surface area (Å²) in [4.78, 5) is 31.9. The van der Waals surface area contributed by atoms with Gasteiger partial charge in [-0.25, -0.2) is 5.43 Å². The van der Waals surface area contributed by atoms with Crippen molar-refractivity contribution in [1.82, 2.24) is 5.43 Å². The van der Waals surface area contributed by atoms with Crippen LogP contribution >= 0.6 is 0 Å². The van der Waals surface area contributed by atoms with Gasteiger partial charge in [-0.2, -0.15) is 10.0 Å². The van der Waals surface area contributed by atoms with Crippen LogP contribution in [0.1, 0.15) is 13.8 Å². The number of nitrogens with zero attached hydrogens (tertiary/aromatic N) is 3. The van der Waals surface area contributed by atoms with Crippen molar-refractivity contribution in [3.8, 4) is 0 Å². The van der Waals surface area contributed by atoms with E-state index in [1.54, 1.807) is 13.8 Å². The molecule has 0 bridgehead atoms. The number of carbonyl (C=O) groups is 1. The molecule has 0 saturated heterocycles. The summed E-state index contributed by atoms with van der Waals surface area (Å²) in [6.45, 7) is 6.30. The van der Waals surface area contributed by atoms with Crippen LogP contribution in [0, 0.1) is 21.6 Å². The second-order valence-electron chi connectivity index (χ2n) is 3.82. The molecular weight excluding hydrogens is 228 g/mol. The van der Waals surface area contributed by atoms with Crippen LogP contribution in [0.3, 0.4) is 0 Å². The van der Waals surface area contributed by atoms with E-state index in [-0.39, 0.29) is 12.5 Å². The lowest BCUT2D eigenvalue weighted by molar-refractivity contribution is -0.125. The van der Waals surface area contributed by atoms with E-state index in [0.29, 0.717) is 0 Å². The van der Waals surface area contributed by atoms with Gasteiger partial charge in [-0.15, -0.1) is 4.91 Å². The van der Waals surface area contributed by atoms with Gasteiger partial charge in [0.05, 0.1) is 12.6 Å². The number of carbonyl (C=O) groups excluding carboxylic acids is 1. The Kier molecular flexibility index (Phi) is 6.80. The van der Waals surface area contributed by atoms with Crippen molar-refractivity contribution in [2.24, 2.45) is 27.3 Å². The van der Waals surface area contributed by atoms with E-state index in [4.69, 9.17) is 0 Å². The Morgan fingerprint density at radius 3 is 2.41 bits per heavy atom. The maximum atomic E-state index is 11.3. The molecular formula is C9H16N4O4. The van der Waals surface area contributed by atoms with E-state index in [1.165, 1.54) is 0 Å². The van der Waals surface area contributed by atoms with Crippen LogP contribution < -0.4 is 5.43 Å². The maximum absolute atomic E-state index is 11.3. The summed E-state index contributed by atoms with van der Waals surface area (Å²) in [5.41, 5.74) is 1.94. The fourth-order valence-corrected chi connectivity index (χ4v) is 1.32. The molecule has 0 fully saturated rings. The zero-order valence-electron chi connectivity index (χ0n) is 9.74. The van der Waals surface area contributed by atoms with Gasteiger partial charge >= 0.3 is 0 Å². The van der Waals surface area contributed by atoms with Crippen LogP contribution in [0.2, 0.25) is 0 Å². The number of hydrazone groups is 1. The summed E-state index contributed by atoms with van der Waals surface area (Å²) >= 11 is 0. The van der Waals surface area contributed by atoms with Crippen LogP contribution in [0.4, 0.5) is 0 Å². The van der Waals surface area contributed by atoms with Crippen molar-refractivity contribution in [2.75, 3.05) is 6.54 Å². The highest BCUT2D eigenvalue weighted by atomic mass is 16.3. The third-order valence-corrected chi connectivity index (χ3v) is 2.69. The topological polar surface area (TPSA) is 121 Å². The first-order valence-electron chi connectivity index (χ1n) is 5.04. The van der Waals surface area contributed by atoms with Crippen molar-refractivity contribution in [3.63, 3.8) is 0 Å². The number of hydrogen-bond donors (Lipinski definition) is 2. The van der Waals surface area contributed by atoms with Crippen LogP contribution in [0.25, 0.3) is 0 Å². The summed E-state index contributed by atoms with van der Waals surface area (Å²) < 4.78 is 0. The van der Waals surface area contributed by atoms with Gasteiger partial charge in [-0.05, 0) is 11.8 Å². The van der Waals surface area contributed by atoms with Crippen molar-refractivity contribution >= 4 is 12.6 Å². The number of aliphatic hydroxyl groups excluding tert-OH is 1. The van der Waals surface area contributed by atoms with E-state index in [2.05, 4.69) is 22.2 Å². The number of amides is 1. The zero-order chi connectivity index (χ0) is 13.4. The minimum Gasteiger partial charge on any atom is -0.390 e. The zero-order valence-corrected chi connectivity index (χ0v) is 9.74. The van der Waals surface area contributed by atoms with Crippen LogP contribution in [0.15, 0.2) is 15.5 Å². The Hall–Kier alpha value is -1.70. The predicted molar refractivity (Wildman–Crippen MR) is 62.3 cm³/mol. The molecule has 4 atom stereocenters. The molecule has 0 aliphatic heterocycles. The van der Waals surface area contributed by atoms with Crippen molar-refractivity contribution in [1.29, 1.82) is 0 Å². The molecule has 0 aromatic heterocycles. The standard InChI is InChI=1S/C9H16N4O4/c1-5(4-11-16)6(2)8(14)7(13-17)9(15)12-10-3/h5-8,14H,3-4H2,1-2H3,(H,12,15). The van der Waals surface area contributed by atoms with Crippen molar-refractivity contribution < 1.29 is 9.90 Å². The average Bonchev–Trinajstić information content (AvgIpc) is 2.29. The molecule has 0 aliphatic carbocycles. The molecule has 8 heteroatoms. The highest BCUT2D eigenvalue weighted by Gasteiger charge is 2.34. The molecule has 0 radical (unpaired) electrons. The van der Waals surface area contributed by atoms with Crippen LogP contribution in [-0.4, -0.2) is 36.4 Å². The number of aliphatic hydroxyl groups is 1. The average molecular weight is 244 g/mol. The summed E-state index contributed by atoms with van der Waals surface area (Å²) in [5.74, 6) is -1.58. The van der Waals surface area contributed by atoms with Crippen LogP contribution in [-0.2, 0) is 4.79 Å².